The van der Waals surface area contributed by atoms with E-state index in [4.69, 9.17) is 9.47 Å². The van der Waals surface area contributed by atoms with Gasteiger partial charge in [0.15, 0.2) is 5.79 Å². The van der Waals surface area contributed by atoms with Crippen LogP contribution in [-0.2, 0) is 9.47 Å². The third-order valence-electron chi connectivity index (χ3n) is 5.24. The van der Waals surface area contributed by atoms with E-state index in [1.54, 1.807) is 0 Å². The summed E-state index contributed by atoms with van der Waals surface area (Å²) in [6.07, 6.45) is 2.45. The molecule has 0 radical (unpaired) electrons. The van der Waals surface area contributed by atoms with Crippen molar-refractivity contribution in [3.05, 3.63) is 0 Å². The lowest BCUT2D eigenvalue weighted by atomic mass is 9.67. The fraction of sp³-hybridized carbons (Fsp3) is 1.00. The molecule has 2 aliphatic carbocycles. The van der Waals surface area contributed by atoms with Gasteiger partial charge in [0.1, 0.15) is 0 Å². The quantitative estimate of drug-likeness (QED) is 0.592. The van der Waals surface area contributed by atoms with E-state index in [1.165, 1.54) is 6.42 Å². The molecule has 0 unspecified atom stereocenters. The van der Waals surface area contributed by atoms with Crippen LogP contribution in [0.3, 0.4) is 0 Å². The molecular weight excluding hydrogens is 176 g/mol. The fourth-order valence-electron chi connectivity index (χ4n) is 3.91. The average Bonchev–Trinajstić information content (AvgIpc) is 2.77. The first-order valence-electron chi connectivity index (χ1n) is 5.84. The first-order chi connectivity index (χ1) is 6.56. The van der Waals surface area contributed by atoms with E-state index in [0.717, 1.165) is 31.5 Å². The van der Waals surface area contributed by atoms with E-state index in [9.17, 15) is 0 Å². The third-order valence-corrected chi connectivity index (χ3v) is 5.24. The molecule has 1 heterocycles. The fourth-order valence-corrected chi connectivity index (χ4v) is 3.91. The Morgan fingerprint density at radius 3 is 2.29 bits per heavy atom. The molecule has 2 nitrogen and oxygen atoms in total. The largest absolute Gasteiger partial charge is 0.347 e. The van der Waals surface area contributed by atoms with Crippen molar-refractivity contribution in [2.75, 3.05) is 13.2 Å². The molecule has 1 saturated heterocycles. The molecule has 3 atom stereocenters. The van der Waals surface area contributed by atoms with Crippen LogP contribution in [-0.4, -0.2) is 19.0 Å². The summed E-state index contributed by atoms with van der Waals surface area (Å²) in [5.74, 6) is 2.02. The van der Waals surface area contributed by atoms with Crippen molar-refractivity contribution < 1.29 is 9.47 Å². The Kier molecular flexibility index (Phi) is 1.66. The SMILES string of the molecule is C[C@@H]1[C@@H]2C[C@H](CC23OCCO3)C1(C)C. The summed E-state index contributed by atoms with van der Waals surface area (Å²) in [7, 11) is 0. The highest BCUT2D eigenvalue weighted by molar-refractivity contribution is 5.09. The first kappa shape index (κ1) is 9.17. The van der Waals surface area contributed by atoms with Crippen molar-refractivity contribution in [2.24, 2.45) is 23.2 Å². The van der Waals surface area contributed by atoms with Crippen LogP contribution in [0.5, 0.6) is 0 Å². The Balaban J connectivity index is 1.92. The summed E-state index contributed by atoms with van der Waals surface area (Å²) in [5, 5.41) is 0. The van der Waals surface area contributed by atoms with Gasteiger partial charge in [-0.1, -0.05) is 20.8 Å². The van der Waals surface area contributed by atoms with Crippen molar-refractivity contribution in [2.45, 2.75) is 39.4 Å². The van der Waals surface area contributed by atoms with Gasteiger partial charge in [0.05, 0.1) is 13.2 Å². The predicted molar refractivity (Wildman–Crippen MR) is 53.8 cm³/mol. The molecule has 3 fully saturated rings. The van der Waals surface area contributed by atoms with E-state index in [-0.39, 0.29) is 5.79 Å². The predicted octanol–water partition coefficient (Wildman–Crippen LogP) is 2.43. The van der Waals surface area contributed by atoms with Crippen LogP contribution >= 0.6 is 0 Å². The molecule has 0 N–H and O–H groups in total. The summed E-state index contributed by atoms with van der Waals surface area (Å²) < 4.78 is 11.8. The van der Waals surface area contributed by atoms with Gasteiger partial charge in [0.2, 0.25) is 0 Å². The minimum atomic E-state index is -0.167. The Hall–Kier alpha value is -0.0800. The highest BCUT2D eigenvalue weighted by atomic mass is 16.7. The van der Waals surface area contributed by atoms with Gasteiger partial charge in [-0.05, 0) is 23.7 Å². The highest BCUT2D eigenvalue weighted by Gasteiger charge is 2.64. The lowest BCUT2D eigenvalue weighted by Gasteiger charge is -2.44. The summed E-state index contributed by atoms with van der Waals surface area (Å²) in [4.78, 5) is 0. The second-order valence-electron chi connectivity index (χ2n) is 5.86. The molecule has 80 valence electrons. The summed E-state index contributed by atoms with van der Waals surface area (Å²) in [5.41, 5.74) is 0.491. The summed E-state index contributed by atoms with van der Waals surface area (Å²) >= 11 is 0. The van der Waals surface area contributed by atoms with E-state index in [2.05, 4.69) is 20.8 Å². The van der Waals surface area contributed by atoms with Crippen molar-refractivity contribution in [1.29, 1.82) is 0 Å². The molecule has 14 heavy (non-hydrogen) atoms. The van der Waals surface area contributed by atoms with E-state index >= 15 is 0 Å². The number of ether oxygens (including phenoxy) is 2. The molecule has 2 saturated carbocycles. The smallest absolute Gasteiger partial charge is 0.171 e. The molecule has 1 aliphatic heterocycles. The van der Waals surface area contributed by atoms with Crippen LogP contribution in [0, 0.1) is 23.2 Å². The normalized spacial score (nSPS) is 47.8. The van der Waals surface area contributed by atoms with Crippen molar-refractivity contribution >= 4 is 0 Å². The minimum absolute atomic E-state index is 0.167. The molecule has 0 aromatic carbocycles. The Labute approximate surface area is 86.0 Å². The minimum Gasteiger partial charge on any atom is -0.347 e. The standard InChI is InChI=1S/C12H20O2/c1-8-10-6-9(11(8,2)3)7-12(10)13-4-5-14-12/h8-10H,4-7H2,1-3H3/t8-,9-,10+/m1/s1. The van der Waals surface area contributed by atoms with Crippen molar-refractivity contribution in [3.8, 4) is 0 Å². The number of hydrogen-bond acceptors (Lipinski definition) is 2. The first-order valence-corrected chi connectivity index (χ1v) is 5.84. The Bertz CT molecular complexity index is 249. The molecule has 3 rings (SSSR count). The lowest BCUT2D eigenvalue weighted by molar-refractivity contribution is -0.214. The molecular formula is C12H20O2. The maximum Gasteiger partial charge on any atom is 0.171 e. The molecule has 1 spiro atoms. The van der Waals surface area contributed by atoms with Crippen LogP contribution in [0.25, 0.3) is 0 Å². The molecule has 2 heteroatoms. The highest BCUT2D eigenvalue weighted by Crippen LogP contribution is 2.64. The zero-order valence-electron chi connectivity index (χ0n) is 9.38. The zero-order chi connectivity index (χ0) is 9.97. The maximum absolute atomic E-state index is 5.88. The van der Waals surface area contributed by atoms with Gasteiger partial charge in [-0.2, -0.15) is 0 Å². The van der Waals surface area contributed by atoms with Crippen LogP contribution in [0.1, 0.15) is 33.6 Å². The average molecular weight is 196 g/mol. The lowest BCUT2D eigenvalue weighted by Crippen LogP contribution is -2.45. The van der Waals surface area contributed by atoms with Gasteiger partial charge in [0, 0.05) is 12.3 Å². The topological polar surface area (TPSA) is 18.5 Å². The number of fused-ring (bicyclic) bond motifs is 3. The van der Waals surface area contributed by atoms with Gasteiger partial charge in [-0.15, -0.1) is 0 Å². The summed E-state index contributed by atoms with van der Waals surface area (Å²) in [6, 6.07) is 0. The van der Waals surface area contributed by atoms with Gasteiger partial charge < -0.3 is 9.47 Å². The molecule has 0 aromatic heterocycles. The van der Waals surface area contributed by atoms with Crippen LogP contribution in [0.2, 0.25) is 0 Å². The van der Waals surface area contributed by atoms with Crippen LogP contribution in [0.4, 0.5) is 0 Å². The van der Waals surface area contributed by atoms with Crippen LogP contribution < -0.4 is 0 Å². The van der Waals surface area contributed by atoms with Gasteiger partial charge in [0.25, 0.3) is 0 Å². The maximum atomic E-state index is 5.88. The molecule has 0 aromatic rings. The second kappa shape index (κ2) is 2.53. The summed E-state index contributed by atoms with van der Waals surface area (Å²) in [6.45, 7) is 8.79. The Morgan fingerprint density at radius 1 is 1.14 bits per heavy atom. The van der Waals surface area contributed by atoms with Gasteiger partial charge >= 0.3 is 0 Å². The van der Waals surface area contributed by atoms with E-state index < -0.39 is 0 Å². The monoisotopic (exact) mass is 196 g/mol. The van der Waals surface area contributed by atoms with Crippen LogP contribution in [0.15, 0.2) is 0 Å². The molecule has 3 aliphatic rings. The molecule has 2 bridgehead atoms. The number of hydrogen-bond donors (Lipinski definition) is 0. The second-order valence-corrected chi connectivity index (χ2v) is 5.86. The van der Waals surface area contributed by atoms with Gasteiger partial charge in [-0.3, -0.25) is 0 Å². The van der Waals surface area contributed by atoms with E-state index in [1.807, 2.05) is 0 Å². The van der Waals surface area contributed by atoms with Crippen molar-refractivity contribution in [1.82, 2.24) is 0 Å². The van der Waals surface area contributed by atoms with E-state index in [0.29, 0.717) is 11.3 Å². The third kappa shape index (κ3) is 0.892. The van der Waals surface area contributed by atoms with Crippen molar-refractivity contribution in [3.63, 3.8) is 0 Å². The number of rotatable bonds is 0. The van der Waals surface area contributed by atoms with Gasteiger partial charge in [-0.25, -0.2) is 0 Å². The zero-order valence-corrected chi connectivity index (χ0v) is 9.38. The molecule has 0 amide bonds. The Morgan fingerprint density at radius 2 is 1.79 bits per heavy atom.